The van der Waals surface area contributed by atoms with Gasteiger partial charge in [0.2, 0.25) is 0 Å². The molecule has 4 heteroatoms. The van der Waals surface area contributed by atoms with Crippen molar-refractivity contribution in [3.8, 4) is 0 Å². The minimum Gasteiger partial charge on any atom is -0.464 e. The van der Waals surface area contributed by atoms with Crippen LogP contribution in [0.25, 0.3) is 0 Å². The molecule has 1 N–H and O–H groups in total. The summed E-state index contributed by atoms with van der Waals surface area (Å²) >= 11 is 5.17. The molecule has 0 spiro atoms. The molecule has 0 aromatic carbocycles. The number of aryl methyl sites for hydroxylation is 1. The zero-order valence-corrected chi connectivity index (χ0v) is 11.7. The molecule has 2 nitrogen and oxygen atoms in total. The van der Waals surface area contributed by atoms with Gasteiger partial charge in [0.15, 0.2) is 0 Å². The van der Waals surface area contributed by atoms with Crippen LogP contribution in [-0.2, 0) is 6.42 Å². The molecule has 2 aromatic rings. The minimum absolute atomic E-state index is 0.142. The van der Waals surface area contributed by atoms with Crippen LogP contribution in [-0.4, -0.2) is 7.05 Å². The van der Waals surface area contributed by atoms with E-state index in [1.807, 2.05) is 19.2 Å². The van der Waals surface area contributed by atoms with Gasteiger partial charge in [0.05, 0.1) is 9.83 Å². The van der Waals surface area contributed by atoms with Gasteiger partial charge in [-0.2, -0.15) is 0 Å². The number of rotatable bonds is 4. The maximum atomic E-state index is 5.78. The standard InChI is InChI=1S/C12H14BrNOS/c1-3-9-4-5-10(15-9)12(14-2)8-6-11(13)16-7-8/h4-7,12,14H,3H2,1-2H3. The fourth-order valence-corrected chi connectivity index (χ4v) is 2.89. The lowest BCUT2D eigenvalue weighted by Gasteiger charge is -2.11. The van der Waals surface area contributed by atoms with Crippen LogP contribution in [0, 0.1) is 0 Å². The van der Waals surface area contributed by atoms with Gasteiger partial charge in [0, 0.05) is 6.42 Å². The van der Waals surface area contributed by atoms with Gasteiger partial charge in [-0.25, -0.2) is 0 Å². The highest BCUT2D eigenvalue weighted by Gasteiger charge is 2.16. The third-order valence-corrected chi connectivity index (χ3v) is 4.05. The number of halogens is 1. The first-order valence-corrected chi connectivity index (χ1v) is 6.91. The molecular weight excluding hydrogens is 286 g/mol. The molecule has 0 aliphatic carbocycles. The summed E-state index contributed by atoms with van der Waals surface area (Å²) in [7, 11) is 1.95. The molecule has 2 heterocycles. The Kier molecular flexibility index (Phi) is 3.84. The fourth-order valence-electron chi connectivity index (χ4n) is 1.69. The second kappa shape index (κ2) is 5.17. The molecule has 16 heavy (non-hydrogen) atoms. The van der Waals surface area contributed by atoms with Crippen molar-refractivity contribution in [3.05, 3.63) is 44.4 Å². The maximum Gasteiger partial charge on any atom is 0.125 e. The number of furan rings is 1. The van der Waals surface area contributed by atoms with Crippen molar-refractivity contribution in [2.45, 2.75) is 19.4 Å². The van der Waals surface area contributed by atoms with Crippen molar-refractivity contribution >= 4 is 27.3 Å². The zero-order chi connectivity index (χ0) is 11.5. The summed E-state index contributed by atoms with van der Waals surface area (Å²) < 4.78 is 6.92. The maximum absolute atomic E-state index is 5.78. The van der Waals surface area contributed by atoms with E-state index in [-0.39, 0.29) is 6.04 Å². The van der Waals surface area contributed by atoms with Crippen LogP contribution in [0.1, 0.15) is 30.0 Å². The molecule has 1 unspecified atom stereocenters. The van der Waals surface area contributed by atoms with Gasteiger partial charge in [0.1, 0.15) is 11.5 Å². The normalized spacial score (nSPS) is 12.9. The highest BCUT2D eigenvalue weighted by molar-refractivity contribution is 9.11. The smallest absolute Gasteiger partial charge is 0.125 e. The summed E-state index contributed by atoms with van der Waals surface area (Å²) in [6.07, 6.45) is 0.934. The molecular formula is C12H14BrNOS. The van der Waals surface area contributed by atoms with Gasteiger partial charge in [0.25, 0.3) is 0 Å². The first-order valence-electron chi connectivity index (χ1n) is 5.24. The lowest BCUT2D eigenvalue weighted by molar-refractivity contribution is 0.434. The Morgan fingerprint density at radius 3 is 2.81 bits per heavy atom. The van der Waals surface area contributed by atoms with Gasteiger partial charge >= 0.3 is 0 Å². The van der Waals surface area contributed by atoms with E-state index in [1.54, 1.807) is 11.3 Å². The number of hydrogen-bond donors (Lipinski definition) is 1. The van der Waals surface area contributed by atoms with Gasteiger partial charge < -0.3 is 9.73 Å². The lowest BCUT2D eigenvalue weighted by Crippen LogP contribution is -2.16. The Balaban J connectivity index is 2.28. The van der Waals surface area contributed by atoms with Crippen molar-refractivity contribution in [2.75, 3.05) is 7.05 Å². The summed E-state index contributed by atoms with van der Waals surface area (Å²) in [6, 6.07) is 6.36. The largest absolute Gasteiger partial charge is 0.464 e. The molecule has 2 rings (SSSR count). The van der Waals surface area contributed by atoms with E-state index in [2.05, 4.69) is 39.6 Å². The van der Waals surface area contributed by atoms with Gasteiger partial charge in [-0.15, -0.1) is 11.3 Å². The second-order valence-corrected chi connectivity index (χ2v) is 5.85. The summed E-state index contributed by atoms with van der Waals surface area (Å²) in [5, 5.41) is 5.42. The van der Waals surface area contributed by atoms with E-state index in [1.165, 1.54) is 5.56 Å². The molecule has 0 saturated carbocycles. The molecule has 0 radical (unpaired) electrons. The third-order valence-electron chi connectivity index (χ3n) is 2.53. The quantitative estimate of drug-likeness (QED) is 0.924. The topological polar surface area (TPSA) is 25.2 Å². The van der Waals surface area contributed by atoms with Crippen molar-refractivity contribution in [1.29, 1.82) is 0 Å². The molecule has 86 valence electrons. The highest BCUT2D eigenvalue weighted by Crippen LogP contribution is 2.30. The zero-order valence-electron chi connectivity index (χ0n) is 9.29. The summed E-state index contributed by atoms with van der Waals surface area (Å²) in [5.41, 5.74) is 1.23. The average Bonchev–Trinajstić information content (AvgIpc) is 2.89. The third kappa shape index (κ3) is 2.39. The van der Waals surface area contributed by atoms with Crippen LogP contribution < -0.4 is 5.32 Å². The van der Waals surface area contributed by atoms with Crippen LogP contribution in [0.3, 0.4) is 0 Å². The van der Waals surface area contributed by atoms with Crippen LogP contribution >= 0.6 is 27.3 Å². The van der Waals surface area contributed by atoms with Crippen molar-refractivity contribution < 1.29 is 4.42 Å². The molecule has 0 amide bonds. The van der Waals surface area contributed by atoms with Crippen LogP contribution in [0.2, 0.25) is 0 Å². The summed E-state index contributed by atoms with van der Waals surface area (Å²) in [4.78, 5) is 0. The molecule has 0 aliphatic rings. The van der Waals surface area contributed by atoms with Gasteiger partial charge in [-0.3, -0.25) is 0 Å². The Hall–Kier alpha value is -0.580. The summed E-state index contributed by atoms with van der Waals surface area (Å²) in [5.74, 6) is 2.01. The van der Waals surface area contributed by atoms with Crippen molar-refractivity contribution in [2.24, 2.45) is 0 Å². The number of thiophene rings is 1. The highest BCUT2D eigenvalue weighted by atomic mass is 79.9. The molecule has 0 aliphatic heterocycles. The van der Waals surface area contributed by atoms with Gasteiger partial charge in [-0.05, 0) is 52.1 Å². The molecule has 2 aromatic heterocycles. The van der Waals surface area contributed by atoms with E-state index in [0.717, 1.165) is 21.7 Å². The van der Waals surface area contributed by atoms with Crippen LogP contribution in [0.5, 0.6) is 0 Å². The lowest BCUT2D eigenvalue weighted by atomic mass is 10.1. The molecule has 0 bridgehead atoms. The molecule has 0 fully saturated rings. The first kappa shape index (κ1) is 11.9. The number of hydrogen-bond acceptors (Lipinski definition) is 3. The SMILES string of the molecule is CCc1ccc(C(NC)c2csc(Br)c2)o1. The van der Waals surface area contributed by atoms with Crippen molar-refractivity contribution in [1.82, 2.24) is 5.32 Å². The van der Waals surface area contributed by atoms with E-state index in [9.17, 15) is 0 Å². The fraction of sp³-hybridized carbons (Fsp3) is 0.333. The predicted molar refractivity (Wildman–Crippen MR) is 71.0 cm³/mol. The number of nitrogens with one attached hydrogen (secondary N) is 1. The predicted octanol–water partition coefficient (Wildman–Crippen LogP) is 3.97. The Labute approximate surface area is 108 Å². The Morgan fingerprint density at radius 1 is 1.50 bits per heavy atom. The summed E-state index contributed by atoms with van der Waals surface area (Å²) in [6.45, 7) is 2.10. The molecule has 0 saturated heterocycles. The van der Waals surface area contributed by atoms with E-state index in [0.29, 0.717) is 0 Å². The van der Waals surface area contributed by atoms with E-state index in [4.69, 9.17) is 4.42 Å². The monoisotopic (exact) mass is 299 g/mol. The minimum atomic E-state index is 0.142. The van der Waals surface area contributed by atoms with E-state index < -0.39 is 0 Å². The van der Waals surface area contributed by atoms with E-state index >= 15 is 0 Å². The van der Waals surface area contributed by atoms with Gasteiger partial charge in [-0.1, -0.05) is 6.92 Å². The Bertz CT molecular complexity index is 463. The molecule has 1 atom stereocenters. The Morgan fingerprint density at radius 2 is 2.31 bits per heavy atom. The second-order valence-electron chi connectivity index (χ2n) is 3.56. The first-order chi connectivity index (χ1) is 7.74. The van der Waals surface area contributed by atoms with Crippen LogP contribution in [0.15, 0.2) is 31.8 Å². The van der Waals surface area contributed by atoms with Crippen molar-refractivity contribution in [3.63, 3.8) is 0 Å². The average molecular weight is 300 g/mol. The van der Waals surface area contributed by atoms with Crippen LogP contribution in [0.4, 0.5) is 0 Å².